The van der Waals surface area contributed by atoms with Crippen molar-refractivity contribution in [3.63, 3.8) is 0 Å². The van der Waals surface area contributed by atoms with Crippen LogP contribution in [0.15, 0.2) is 42.5 Å². The molecule has 140 valence electrons. The van der Waals surface area contributed by atoms with Crippen molar-refractivity contribution in [2.45, 2.75) is 6.92 Å². The van der Waals surface area contributed by atoms with E-state index in [1.165, 1.54) is 11.0 Å². The summed E-state index contributed by atoms with van der Waals surface area (Å²) in [4.78, 5) is 37.4. The van der Waals surface area contributed by atoms with Crippen LogP contribution in [-0.2, 0) is 9.53 Å². The summed E-state index contributed by atoms with van der Waals surface area (Å²) in [5, 5.41) is 0. The van der Waals surface area contributed by atoms with Crippen LogP contribution in [0.2, 0.25) is 0 Å². The summed E-state index contributed by atoms with van der Waals surface area (Å²) in [5.41, 5.74) is 1.30. The zero-order chi connectivity index (χ0) is 19.4. The molecule has 1 aliphatic heterocycles. The van der Waals surface area contributed by atoms with E-state index >= 15 is 0 Å². The highest BCUT2D eigenvalue weighted by Crippen LogP contribution is 2.32. The predicted octanol–water partition coefficient (Wildman–Crippen LogP) is 2.48. The van der Waals surface area contributed by atoms with E-state index in [1.54, 1.807) is 50.4 Å². The normalized spacial score (nSPS) is 12.8. The van der Waals surface area contributed by atoms with Gasteiger partial charge in [-0.15, -0.1) is 0 Å². The highest BCUT2D eigenvalue weighted by Gasteiger charge is 2.23. The van der Waals surface area contributed by atoms with Crippen molar-refractivity contribution >= 4 is 23.3 Å². The number of likely N-dealkylation sites (N-methyl/N-ethyl adjacent to an activating group) is 1. The number of rotatable bonds is 6. The second kappa shape index (κ2) is 7.90. The summed E-state index contributed by atoms with van der Waals surface area (Å²) in [6.45, 7) is 1.78. The summed E-state index contributed by atoms with van der Waals surface area (Å²) >= 11 is 0. The Morgan fingerprint density at radius 3 is 2.74 bits per heavy atom. The Bertz CT molecular complexity index is 892. The lowest BCUT2D eigenvalue weighted by molar-refractivity contribution is -0.120. The smallest absolute Gasteiger partial charge is 0.338 e. The van der Waals surface area contributed by atoms with Gasteiger partial charge in [-0.1, -0.05) is 6.07 Å². The first-order chi connectivity index (χ1) is 13.0. The third kappa shape index (κ3) is 4.08. The Hall–Kier alpha value is -3.35. The van der Waals surface area contributed by atoms with Gasteiger partial charge in [0.1, 0.15) is 11.5 Å². The summed E-state index contributed by atoms with van der Waals surface area (Å²) < 4.78 is 15.8. The molecule has 1 aliphatic rings. The summed E-state index contributed by atoms with van der Waals surface area (Å²) in [6.07, 6.45) is 0. The van der Waals surface area contributed by atoms with Crippen molar-refractivity contribution in [1.82, 2.24) is 0 Å². The molecule has 0 N–H and O–H groups in total. The van der Waals surface area contributed by atoms with Crippen LogP contribution in [0.25, 0.3) is 0 Å². The molecule has 1 amide bonds. The third-order valence-corrected chi connectivity index (χ3v) is 4.08. The Balaban J connectivity index is 1.69. The van der Waals surface area contributed by atoms with E-state index < -0.39 is 5.97 Å². The molecule has 27 heavy (non-hydrogen) atoms. The van der Waals surface area contributed by atoms with E-state index in [4.69, 9.17) is 14.2 Å². The molecular weight excluding hydrogens is 350 g/mol. The Morgan fingerprint density at radius 1 is 1.15 bits per heavy atom. The van der Waals surface area contributed by atoms with Gasteiger partial charge in [0, 0.05) is 12.6 Å². The summed E-state index contributed by atoms with van der Waals surface area (Å²) in [7, 11) is 1.63. The Kier molecular flexibility index (Phi) is 5.40. The molecule has 0 bridgehead atoms. The molecule has 0 saturated heterocycles. The van der Waals surface area contributed by atoms with Crippen molar-refractivity contribution in [3.8, 4) is 11.5 Å². The standard InChI is InChI=1S/C20H19NO6/c1-3-25-20(24)14-5-4-6-15(9-14)26-11-17(22)13-7-8-18-16(10-13)21(2)19(23)12-27-18/h4-10H,3,11-12H2,1-2H3. The molecule has 0 aromatic heterocycles. The van der Waals surface area contributed by atoms with Gasteiger partial charge >= 0.3 is 5.97 Å². The maximum absolute atomic E-state index is 12.5. The molecule has 0 unspecified atom stereocenters. The number of anilines is 1. The first-order valence-corrected chi connectivity index (χ1v) is 8.46. The van der Waals surface area contributed by atoms with Gasteiger partial charge in [-0.25, -0.2) is 4.79 Å². The molecule has 0 fully saturated rings. The van der Waals surface area contributed by atoms with Crippen LogP contribution in [0.4, 0.5) is 5.69 Å². The number of carbonyl (C=O) groups is 3. The fraction of sp³-hybridized carbons (Fsp3) is 0.250. The van der Waals surface area contributed by atoms with Crippen molar-refractivity contribution in [2.24, 2.45) is 0 Å². The number of carbonyl (C=O) groups excluding carboxylic acids is 3. The van der Waals surface area contributed by atoms with Crippen molar-refractivity contribution < 1.29 is 28.6 Å². The van der Waals surface area contributed by atoms with Crippen molar-refractivity contribution in [3.05, 3.63) is 53.6 Å². The number of nitrogens with zero attached hydrogens (tertiary/aromatic N) is 1. The van der Waals surface area contributed by atoms with E-state index in [2.05, 4.69) is 0 Å². The monoisotopic (exact) mass is 369 g/mol. The van der Waals surface area contributed by atoms with Gasteiger partial charge in [-0.2, -0.15) is 0 Å². The van der Waals surface area contributed by atoms with E-state index in [1.807, 2.05) is 0 Å². The molecular formula is C20H19NO6. The maximum atomic E-state index is 12.5. The zero-order valence-electron chi connectivity index (χ0n) is 15.1. The SMILES string of the molecule is CCOC(=O)c1cccc(OCC(=O)c2ccc3c(c2)N(C)C(=O)CO3)c1. The lowest BCUT2D eigenvalue weighted by Crippen LogP contribution is -2.35. The van der Waals surface area contributed by atoms with Crippen LogP contribution >= 0.6 is 0 Å². The molecule has 2 aromatic carbocycles. The first-order valence-electron chi connectivity index (χ1n) is 8.46. The summed E-state index contributed by atoms with van der Waals surface area (Å²) in [5.74, 6) is 0.0563. The molecule has 0 aliphatic carbocycles. The van der Waals surface area contributed by atoms with Gasteiger partial charge < -0.3 is 19.1 Å². The van der Waals surface area contributed by atoms with Gasteiger partial charge in [-0.3, -0.25) is 9.59 Å². The van der Waals surface area contributed by atoms with E-state index in [0.29, 0.717) is 28.3 Å². The molecule has 3 rings (SSSR count). The van der Waals surface area contributed by atoms with Gasteiger partial charge in [0.05, 0.1) is 17.9 Å². The molecule has 2 aromatic rings. The maximum Gasteiger partial charge on any atom is 0.338 e. The van der Waals surface area contributed by atoms with Crippen LogP contribution in [0.5, 0.6) is 11.5 Å². The predicted molar refractivity (Wildman–Crippen MR) is 97.6 cm³/mol. The van der Waals surface area contributed by atoms with Crippen LogP contribution in [0.3, 0.4) is 0 Å². The number of Topliss-reactive ketones (excluding diaryl/α,β-unsaturated/α-hetero) is 1. The Labute approximate surface area is 156 Å². The molecule has 0 radical (unpaired) electrons. The fourth-order valence-electron chi connectivity index (χ4n) is 2.61. The van der Waals surface area contributed by atoms with Gasteiger partial charge in [-0.05, 0) is 43.3 Å². The van der Waals surface area contributed by atoms with E-state index in [9.17, 15) is 14.4 Å². The number of hydrogen-bond acceptors (Lipinski definition) is 6. The van der Waals surface area contributed by atoms with Crippen LogP contribution in [-0.4, -0.2) is 44.5 Å². The zero-order valence-corrected chi connectivity index (χ0v) is 15.1. The average Bonchev–Trinajstić information content (AvgIpc) is 2.69. The highest BCUT2D eigenvalue weighted by molar-refractivity contribution is 6.02. The number of hydrogen-bond donors (Lipinski definition) is 0. The number of ether oxygens (including phenoxy) is 3. The summed E-state index contributed by atoms with van der Waals surface area (Å²) in [6, 6.07) is 11.3. The van der Waals surface area contributed by atoms with Crippen molar-refractivity contribution in [2.75, 3.05) is 31.8 Å². The molecule has 7 heteroatoms. The largest absolute Gasteiger partial charge is 0.485 e. The van der Waals surface area contributed by atoms with Crippen molar-refractivity contribution in [1.29, 1.82) is 0 Å². The van der Waals surface area contributed by atoms with Crippen LogP contribution in [0, 0.1) is 0 Å². The minimum Gasteiger partial charge on any atom is -0.485 e. The highest BCUT2D eigenvalue weighted by atomic mass is 16.5. The van der Waals surface area contributed by atoms with E-state index in [-0.39, 0.29) is 31.5 Å². The molecule has 1 heterocycles. The van der Waals surface area contributed by atoms with Gasteiger partial charge in [0.15, 0.2) is 19.0 Å². The minimum absolute atomic E-state index is 0.0172. The fourth-order valence-corrected chi connectivity index (χ4v) is 2.61. The second-order valence-electron chi connectivity index (χ2n) is 5.88. The Morgan fingerprint density at radius 2 is 1.96 bits per heavy atom. The number of ketones is 1. The number of amides is 1. The molecule has 0 atom stereocenters. The number of fused-ring (bicyclic) bond motifs is 1. The quantitative estimate of drug-likeness (QED) is 0.575. The topological polar surface area (TPSA) is 82.1 Å². The number of benzene rings is 2. The first kappa shape index (κ1) is 18.4. The number of esters is 1. The second-order valence-corrected chi connectivity index (χ2v) is 5.88. The van der Waals surface area contributed by atoms with Crippen LogP contribution in [0.1, 0.15) is 27.6 Å². The molecule has 0 spiro atoms. The molecule has 7 nitrogen and oxygen atoms in total. The van der Waals surface area contributed by atoms with Gasteiger partial charge in [0.2, 0.25) is 0 Å². The van der Waals surface area contributed by atoms with Crippen LogP contribution < -0.4 is 14.4 Å². The lowest BCUT2D eigenvalue weighted by atomic mass is 10.1. The van der Waals surface area contributed by atoms with Gasteiger partial charge in [0.25, 0.3) is 5.91 Å². The average molecular weight is 369 g/mol. The molecule has 0 saturated carbocycles. The van der Waals surface area contributed by atoms with E-state index in [0.717, 1.165) is 0 Å². The lowest BCUT2D eigenvalue weighted by Gasteiger charge is -2.26. The minimum atomic E-state index is -0.448. The third-order valence-electron chi connectivity index (χ3n) is 4.08.